The minimum Gasteiger partial charge on any atom is -0.505 e. The number of nitrogens with two attached hydrogens (primary N) is 1. The number of hydrogen-bond donors (Lipinski definition) is 8. The topological polar surface area (TPSA) is 439 Å². The van der Waals surface area contributed by atoms with Crippen LogP contribution in [-0.2, 0) is 40.5 Å². The summed E-state index contributed by atoms with van der Waals surface area (Å²) in [4.78, 5) is 24.1. The van der Waals surface area contributed by atoms with Gasteiger partial charge in [0, 0.05) is 0 Å². The summed E-state index contributed by atoms with van der Waals surface area (Å²) in [5.74, 6) is -1.30. The molecule has 0 aliphatic carbocycles. The molecule has 0 bridgehead atoms. The van der Waals surface area contributed by atoms with Gasteiger partial charge in [0.2, 0.25) is 21.8 Å². The van der Waals surface area contributed by atoms with Gasteiger partial charge < -0.3 is 20.3 Å². The minimum atomic E-state index is -5.47. The Hall–Kier alpha value is -6.62. The Balaban J connectivity index is 1.58. The number of phenolic OH excluding ortho intramolecular Hbond substituents is 1. The molecule has 0 aliphatic rings. The van der Waals surface area contributed by atoms with E-state index in [2.05, 4.69) is 60.3 Å². The zero-order valence-corrected chi connectivity index (χ0v) is 36.2. The van der Waals surface area contributed by atoms with E-state index in [1.807, 2.05) is 0 Å². The number of nitrogens with one attached hydrogen (secondary N) is 2. The Morgan fingerprint density at radius 1 is 0.578 bits per heavy atom. The van der Waals surface area contributed by atoms with Crippen LogP contribution in [0.15, 0.2) is 98.6 Å². The lowest BCUT2D eigenvalue weighted by atomic mass is 10.1. The van der Waals surface area contributed by atoms with Gasteiger partial charge in [-0.25, -0.2) is 9.98 Å². The predicted molar refractivity (Wildman–Crippen MR) is 217 cm³/mol. The molecular formula is C30H23Cl2N13O15S4. The molecule has 4 aromatic carbocycles. The number of ether oxygens (including phenoxy) is 2. The molecule has 0 spiro atoms. The average molecular weight is 1000 g/mol. The first-order valence-corrected chi connectivity index (χ1v) is 22.9. The summed E-state index contributed by atoms with van der Waals surface area (Å²) in [5.41, 5.74) is 0.869. The maximum atomic E-state index is 12.7. The van der Waals surface area contributed by atoms with Crippen molar-refractivity contribution in [3.8, 4) is 17.8 Å². The van der Waals surface area contributed by atoms with Crippen LogP contribution in [-0.4, -0.2) is 101 Å². The van der Waals surface area contributed by atoms with E-state index in [0.717, 1.165) is 36.4 Å². The first kappa shape index (κ1) is 46.9. The number of fused-ring (bicyclic) bond motifs is 1. The highest BCUT2D eigenvalue weighted by Crippen LogP contribution is 2.49. The van der Waals surface area contributed by atoms with E-state index < -0.39 is 105 Å². The molecule has 2 aromatic heterocycles. The summed E-state index contributed by atoms with van der Waals surface area (Å²) in [6, 6.07) is 6.32. The van der Waals surface area contributed by atoms with E-state index in [4.69, 9.17) is 38.4 Å². The van der Waals surface area contributed by atoms with Crippen LogP contribution in [0.4, 0.5) is 39.8 Å². The fourth-order valence-electron chi connectivity index (χ4n) is 5.29. The molecule has 0 aliphatic heterocycles. The predicted octanol–water partition coefficient (Wildman–Crippen LogP) is 3.97. The number of anilines is 1. The van der Waals surface area contributed by atoms with E-state index in [1.165, 1.54) is 14.2 Å². The van der Waals surface area contributed by atoms with Gasteiger partial charge >= 0.3 is 0 Å². The van der Waals surface area contributed by atoms with Gasteiger partial charge in [-0.15, -0.1) is 20.5 Å². The summed E-state index contributed by atoms with van der Waals surface area (Å²) in [6.07, 6.45) is 0. The van der Waals surface area contributed by atoms with Crippen molar-refractivity contribution in [3.05, 3.63) is 70.3 Å². The third kappa shape index (κ3) is 10.4. The molecule has 0 atom stereocenters. The number of aromatic nitrogens is 6. The van der Waals surface area contributed by atoms with Gasteiger partial charge in [0.25, 0.3) is 52.5 Å². The van der Waals surface area contributed by atoms with Crippen LogP contribution in [0.5, 0.6) is 17.8 Å². The Labute approximate surface area is 367 Å². The molecule has 0 radical (unpaired) electrons. The van der Waals surface area contributed by atoms with Gasteiger partial charge in [0.1, 0.15) is 42.3 Å². The van der Waals surface area contributed by atoms with Crippen LogP contribution in [0.2, 0.25) is 10.6 Å². The molecule has 2 heterocycles. The highest BCUT2D eigenvalue weighted by molar-refractivity contribution is 7.86. The lowest BCUT2D eigenvalue weighted by Gasteiger charge is -2.14. The SMILES string of the molecule is COc1nc(Cl)nc(=Nc2ccc(S(=O)(=O)O)c(N=Nc3c(S(=O)(=O)O)cc4cc(S(=O)(=O)O)c(N=Nc5cc(N=c6nc(Cl)nc(OC)[nH]6)ccc5S(=O)(=O)O)c(O)c4c3N)c2)[nH]1. The number of aromatic hydroxyl groups is 1. The van der Waals surface area contributed by atoms with Crippen molar-refractivity contribution >= 4 is 114 Å². The van der Waals surface area contributed by atoms with Gasteiger partial charge in [-0.3, -0.25) is 28.2 Å². The number of rotatable bonds is 12. The van der Waals surface area contributed by atoms with E-state index in [-0.39, 0.29) is 45.2 Å². The summed E-state index contributed by atoms with van der Waals surface area (Å²) >= 11 is 11.7. The molecule has 0 amide bonds. The van der Waals surface area contributed by atoms with Crippen molar-refractivity contribution in [1.82, 2.24) is 29.9 Å². The normalized spacial score (nSPS) is 13.4. The maximum Gasteiger partial charge on any atom is 0.298 e. The Morgan fingerprint density at radius 3 is 1.36 bits per heavy atom. The van der Waals surface area contributed by atoms with Gasteiger partial charge in [-0.05, 0) is 77.1 Å². The van der Waals surface area contributed by atoms with Crippen LogP contribution in [0.3, 0.4) is 0 Å². The summed E-state index contributed by atoms with van der Waals surface area (Å²) < 4.78 is 150. The second-order valence-electron chi connectivity index (χ2n) is 12.0. The molecule has 0 saturated heterocycles. The second-order valence-corrected chi connectivity index (χ2v) is 18.3. The smallest absolute Gasteiger partial charge is 0.298 e. The van der Waals surface area contributed by atoms with Crippen molar-refractivity contribution in [2.75, 3.05) is 20.0 Å². The van der Waals surface area contributed by atoms with E-state index in [9.17, 15) is 57.0 Å². The number of nitrogens with zero attached hydrogens (tertiary/aromatic N) is 10. The molecule has 0 saturated carbocycles. The van der Waals surface area contributed by atoms with Crippen molar-refractivity contribution in [3.63, 3.8) is 0 Å². The second kappa shape index (κ2) is 17.5. The van der Waals surface area contributed by atoms with Gasteiger partial charge in [-0.2, -0.15) is 53.6 Å². The van der Waals surface area contributed by atoms with Crippen LogP contribution >= 0.6 is 23.2 Å². The molecule has 64 heavy (non-hydrogen) atoms. The quantitative estimate of drug-likeness (QED) is 0.0488. The number of benzene rings is 4. The third-order valence-electron chi connectivity index (χ3n) is 7.90. The molecule has 0 unspecified atom stereocenters. The van der Waals surface area contributed by atoms with Gasteiger partial charge in [0.05, 0.1) is 36.7 Å². The summed E-state index contributed by atoms with van der Waals surface area (Å²) in [5, 5.41) is 24.2. The number of phenols is 1. The number of methoxy groups -OCH3 is 2. The largest absolute Gasteiger partial charge is 0.505 e. The maximum absolute atomic E-state index is 12.7. The lowest BCUT2D eigenvalue weighted by Crippen LogP contribution is -2.14. The van der Waals surface area contributed by atoms with Crippen LogP contribution < -0.4 is 26.4 Å². The zero-order chi connectivity index (χ0) is 47.1. The average Bonchev–Trinajstić information content (AvgIpc) is 3.17. The minimum absolute atomic E-state index is 0.135. The number of hydrogen-bond acceptors (Lipinski definition) is 22. The molecule has 34 heteroatoms. The summed E-state index contributed by atoms with van der Waals surface area (Å²) in [6.45, 7) is 0. The molecule has 0 fully saturated rings. The monoisotopic (exact) mass is 1000 g/mol. The highest BCUT2D eigenvalue weighted by Gasteiger charge is 2.29. The van der Waals surface area contributed by atoms with Crippen molar-refractivity contribution in [1.29, 1.82) is 0 Å². The molecule has 28 nitrogen and oxygen atoms in total. The number of aromatic amines is 2. The summed E-state index contributed by atoms with van der Waals surface area (Å²) in [7, 11) is -18.7. The third-order valence-corrected chi connectivity index (χ3v) is 11.8. The zero-order valence-electron chi connectivity index (χ0n) is 31.4. The molecule has 6 aromatic rings. The number of halogens is 2. The Bertz CT molecular complexity index is 3380. The van der Waals surface area contributed by atoms with Gasteiger partial charge in [-0.1, -0.05) is 0 Å². The standard InChI is InChI=1S/C30H23Cl2N13O15S4/c1-59-29-38-25(31)36-27(40-29)34-12-3-5-16(61(47,48)49)14(9-12)42-44-22-18(63(53,54)55)7-11-8-19(64(56,57)58)23(24(46)20(11)21(22)33)45-43-15-10-13(4-6-17(15)62(50,51)52)35-28-37-26(32)39-30(41-28)60-2/h3-10,46H,33H2,1-2H3,(H,47,48,49)(H,50,51,52)(H,53,54,55)(H,56,57,58)(H,34,36,38,40)(H,35,37,39,41). The lowest BCUT2D eigenvalue weighted by molar-refractivity contribution is 0.375. The van der Waals surface area contributed by atoms with Gasteiger partial charge in [0.15, 0.2) is 5.75 Å². The Morgan fingerprint density at radius 2 is 0.969 bits per heavy atom. The highest BCUT2D eigenvalue weighted by atomic mass is 35.5. The molecule has 9 N–H and O–H groups in total. The van der Waals surface area contributed by atoms with E-state index >= 15 is 0 Å². The van der Waals surface area contributed by atoms with Crippen molar-refractivity contribution in [2.24, 2.45) is 30.4 Å². The number of azo groups is 2. The molecular weight excluding hydrogens is 982 g/mol. The number of H-pyrrole nitrogens is 2. The van der Waals surface area contributed by atoms with Crippen molar-refractivity contribution in [2.45, 2.75) is 19.6 Å². The number of nitrogen functional groups attached to an aromatic ring is 1. The molecule has 6 rings (SSSR count). The fourth-order valence-corrected chi connectivity index (χ4v) is 8.14. The van der Waals surface area contributed by atoms with Crippen LogP contribution in [0.1, 0.15) is 0 Å². The van der Waals surface area contributed by atoms with Crippen molar-refractivity contribution < 1.29 is 66.5 Å². The van der Waals surface area contributed by atoms with Crippen LogP contribution in [0.25, 0.3) is 10.8 Å². The Kier molecular flexibility index (Phi) is 12.8. The van der Waals surface area contributed by atoms with Crippen LogP contribution in [0, 0.1) is 0 Å². The first-order chi connectivity index (χ1) is 29.8. The van der Waals surface area contributed by atoms with E-state index in [0.29, 0.717) is 12.1 Å². The molecule has 336 valence electrons. The first-order valence-electron chi connectivity index (χ1n) is 16.4. The van der Waals surface area contributed by atoms with E-state index in [1.54, 1.807) is 0 Å². The fraction of sp³-hybridized carbons (Fsp3) is 0.0667.